The van der Waals surface area contributed by atoms with Gasteiger partial charge in [0.2, 0.25) is 0 Å². The molecule has 1 fully saturated rings. The van der Waals surface area contributed by atoms with Gasteiger partial charge in [0.05, 0.1) is 19.9 Å². The highest BCUT2D eigenvalue weighted by atomic mass is 16.5. The highest BCUT2D eigenvalue weighted by Crippen LogP contribution is 2.35. The van der Waals surface area contributed by atoms with Gasteiger partial charge >= 0.3 is 0 Å². The Morgan fingerprint density at radius 3 is 2.89 bits per heavy atom. The minimum absolute atomic E-state index is 0.494. The lowest BCUT2D eigenvalue weighted by Crippen LogP contribution is -2.33. The topological polar surface area (TPSA) is 71.9 Å². The van der Waals surface area contributed by atoms with Crippen molar-refractivity contribution in [2.75, 3.05) is 20.2 Å². The first-order valence-electron chi connectivity index (χ1n) is 9.55. The first kappa shape index (κ1) is 17.7. The van der Waals surface area contributed by atoms with E-state index >= 15 is 0 Å². The summed E-state index contributed by atoms with van der Waals surface area (Å²) in [4.78, 5) is 6.87. The lowest BCUT2D eigenvalue weighted by atomic mass is 9.89. The van der Waals surface area contributed by atoms with E-state index in [0.29, 0.717) is 5.92 Å². The number of aromatic nitrogens is 5. The molecule has 7 nitrogen and oxygen atoms in total. The Labute approximate surface area is 159 Å². The number of benzene rings is 1. The molecule has 1 aliphatic rings. The Kier molecular flexibility index (Phi) is 5.20. The molecule has 0 amide bonds. The van der Waals surface area contributed by atoms with Crippen molar-refractivity contribution in [3.8, 4) is 16.9 Å². The van der Waals surface area contributed by atoms with Gasteiger partial charge in [-0.2, -0.15) is 10.2 Å². The molecule has 0 aliphatic carbocycles. The van der Waals surface area contributed by atoms with E-state index in [0.717, 1.165) is 56.2 Å². The van der Waals surface area contributed by atoms with E-state index in [-0.39, 0.29) is 0 Å². The van der Waals surface area contributed by atoms with Crippen molar-refractivity contribution in [3.63, 3.8) is 0 Å². The number of methoxy groups -OCH3 is 1. The van der Waals surface area contributed by atoms with Crippen LogP contribution < -0.4 is 4.74 Å². The quantitative estimate of drug-likeness (QED) is 0.726. The summed E-state index contributed by atoms with van der Waals surface area (Å²) in [5.41, 5.74) is 3.56. The average molecular weight is 366 g/mol. The van der Waals surface area contributed by atoms with Gasteiger partial charge in [0.15, 0.2) is 0 Å². The zero-order chi connectivity index (χ0) is 18.6. The molecule has 3 aromatic rings. The maximum absolute atomic E-state index is 5.37. The van der Waals surface area contributed by atoms with Gasteiger partial charge in [-0.3, -0.25) is 10.00 Å². The van der Waals surface area contributed by atoms with E-state index in [1.807, 2.05) is 23.0 Å². The fourth-order valence-corrected chi connectivity index (χ4v) is 3.88. The first-order chi connectivity index (χ1) is 13.3. The molecule has 0 spiro atoms. The van der Waals surface area contributed by atoms with Gasteiger partial charge < -0.3 is 4.74 Å². The van der Waals surface area contributed by atoms with Crippen LogP contribution in [-0.4, -0.2) is 50.1 Å². The van der Waals surface area contributed by atoms with Crippen molar-refractivity contribution in [2.24, 2.45) is 0 Å². The Balaban J connectivity index is 1.44. The normalized spacial score (nSPS) is 15.9. The second kappa shape index (κ2) is 7.92. The molecule has 0 radical (unpaired) electrons. The number of piperidine rings is 1. The predicted molar refractivity (Wildman–Crippen MR) is 104 cm³/mol. The number of ether oxygens (including phenoxy) is 1. The molecule has 27 heavy (non-hydrogen) atoms. The monoisotopic (exact) mass is 366 g/mol. The van der Waals surface area contributed by atoms with Crippen LogP contribution in [0.3, 0.4) is 0 Å². The van der Waals surface area contributed by atoms with Crippen LogP contribution in [0.25, 0.3) is 11.1 Å². The van der Waals surface area contributed by atoms with Gasteiger partial charge in [-0.15, -0.1) is 0 Å². The van der Waals surface area contributed by atoms with Gasteiger partial charge in [0.25, 0.3) is 0 Å². The van der Waals surface area contributed by atoms with Gasteiger partial charge in [-0.25, -0.2) is 9.67 Å². The van der Waals surface area contributed by atoms with Gasteiger partial charge in [0, 0.05) is 23.7 Å². The number of aryl methyl sites for hydroxylation is 1. The number of likely N-dealkylation sites (tertiary alicyclic amines) is 1. The minimum atomic E-state index is 0.494. The average Bonchev–Trinajstić information content (AvgIpc) is 3.38. The molecular formula is C20H26N6O. The summed E-state index contributed by atoms with van der Waals surface area (Å²) in [6.07, 6.45) is 5.80. The smallest absolute Gasteiger partial charge is 0.140 e. The van der Waals surface area contributed by atoms with E-state index in [1.165, 1.54) is 11.3 Å². The SMILES string of the molecule is CCn1ncnc1CN1CCC(c2[nH]ncc2-c2cccc(OC)c2)CC1. The molecule has 7 heteroatoms. The summed E-state index contributed by atoms with van der Waals surface area (Å²) in [6.45, 7) is 5.94. The molecule has 3 heterocycles. The van der Waals surface area contributed by atoms with Crippen LogP contribution in [-0.2, 0) is 13.1 Å². The zero-order valence-electron chi connectivity index (χ0n) is 15.9. The predicted octanol–water partition coefficient (Wildman–Crippen LogP) is 3.08. The van der Waals surface area contributed by atoms with E-state index in [9.17, 15) is 0 Å². The summed E-state index contributed by atoms with van der Waals surface area (Å²) in [5, 5.41) is 11.9. The zero-order valence-corrected chi connectivity index (χ0v) is 15.9. The van der Waals surface area contributed by atoms with Crippen molar-refractivity contribution in [3.05, 3.63) is 48.3 Å². The van der Waals surface area contributed by atoms with Crippen LogP contribution in [0.2, 0.25) is 0 Å². The second-order valence-corrected chi connectivity index (χ2v) is 6.97. The maximum Gasteiger partial charge on any atom is 0.140 e. The third-order valence-electron chi connectivity index (χ3n) is 5.41. The lowest BCUT2D eigenvalue weighted by Gasteiger charge is -2.31. The van der Waals surface area contributed by atoms with Crippen LogP contribution in [0.1, 0.15) is 37.2 Å². The number of hydrogen-bond donors (Lipinski definition) is 1. The van der Waals surface area contributed by atoms with Crippen LogP contribution in [0.5, 0.6) is 5.75 Å². The van der Waals surface area contributed by atoms with Crippen LogP contribution in [0.4, 0.5) is 0 Å². The molecule has 142 valence electrons. The lowest BCUT2D eigenvalue weighted by molar-refractivity contribution is 0.196. The molecular weight excluding hydrogens is 340 g/mol. The molecule has 2 aromatic heterocycles. The minimum Gasteiger partial charge on any atom is -0.497 e. The summed E-state index contributed by atoms with van der Waals surface area (Å²) >= 11 is 0. The third kappa shape index (κ3) is 3.73. The van der Waals surface area contributed by atoms with Gasteiger partial charge in [-0.1, -0.05) is 12.1 Å². The van der Waals surface area contributed by atoms with Crippen molar-refractivity contribution >= 4 is 0 Å². The number of rotatable bonds is 6. The first-order valence-corrected chi connectivity index (χ1v) is 9.55. The number of nitrogens with zero attached hydrogens (tertiary/aromatic N) is 5. The molecule has 0 bridgehead atoms. The molecule has 0 unspecified atom stereocenters. The Hall–Kier alpha value is -2.67. The van der Waals surface area contributed by atoms with Crippen molar-refractivity contribution in [1.29, 1.82) is 0 Å². The van der Waals surface area contributed by atoms with Crippen molar-refractivity contribution in [1.82, 2.24) is 29.9 Å². The second-order valence-electron chi connectivity index (χ2n) is 6.97. The van der Waals surface area contributed by atoms with E-state index in [2.05, 4.69) is 44.2 Å². The molecule has 1 aliphatic heterocycles. The fourth-order valence-electron chi connectivity index (χ4n) is 3.88. The van der Waals surface area contributed by atoms with E-state index in [1.54, 1.807) is 13.4 Å². The van der Waals surface area contributed by atoms with E-state index < -0.39 is 0 Å². The van der Waals surface area contributed by atoms with E-state index in [4.69, 9.17) is 4.74 Å². The standard InChI is InChI=1S/C20H26N6O/c1-3-26-19(21-14-23-26)13-25-9-7-15(8-10-25)20-18(12-22-24-20)16-5-4-6-17(11-16)27-2/h4-6,11-12,14-15H,3,7-10,13H2,1-2H3,(H,22,24). The highest BCUT2D eigenvalue weighted by Gasteiger charge is 2.25. The fraction of sp³-hybridized carbons (Fsp3) is 0.450. The van der Waals surface area contributed by atoms with Crippen molar-refractivity contribution < 1.29 is 4.74 Å². The molecule has 0 saturated carbocycles. The number of nitrogens with one attached hydrogen (secondary N) is 1. The molecule has 1 saturated heterocycles. The summed E-state index contributed by atoms with van der Waals surface area (Å²) in [5.74, 6) is 2.41. The Bertz CT molecular complexity index is 878. The van der Waals surface area contributed by atoms with Gasteiger partial charge in [0.1, 0.15) is 17.9 Å². The largest absolute Gasteiger partial charge is 0.497 e. The third-order valence-corrected chi connectivity index (χ3v) is 5.41. The molecule has 0 atom stereocenters. The van der Waals surface area contributed by atoms with Crippen LogP contribution in [0, 0.1) is 0 Å². The molecule has 4 rings (SSSR count). The van der Waals surface area contributed by atoms with Gasteiger partial charge in [-0.05, 0) is 50.6 Å². The maximum atomic E-state index is 5.37. The highest BCUT2D eigenvalue weighted by molar-refractivity contribution is 5.67. The number of hydrogen-bond acceptors (Lipinski definition) is 5. The number of H-pyrrole nitrogens is 1. The van der Waals surface area contributed by atoms with Crippen molar-refractivity contribution in [2.45, 2.75) is 38.8 Å². The van der Waals surface area contributed by atoms with Crippen LogP contribution in [0.15, 0.2) is 36.8 Å². The van der Waals surface area contributed by atoms with Crippen LogP contribution >= 0.6 is 0 Å². The Morgan fingerprint density at radius 2 is 2.11 bits per heavy atom. The summed E-state index contributed by atoms with van der Waals surface area (Å²) in [6, 6.07) is 8.18. The Morgan fingerprint density at radius 1 is 1.26 bits per heavy atom. The molecule has 1 N–H and O–H groups in total. The summed E-state index contributed by atoms with van der Waals surface area (Å²) in [7, 11) is 1.70. The summed E-state index contributed by atoms with van der Waals surface area (Å²) < 4.78 is 7.34. The molecule has 1 aromatic carbocycles. The number of aromatic amines is 1.